The Bertz CT molecular complexity index is 1240. The largest absolute Gasteiger partial charge is 0.447 e. The molecule has 0 saturated heterocycles. The van der Waals surface area contributed by atoms with Crippen LogP contribution in [0, 0.1) is 11.3 Å². The van der Waals surface area contributed by atoms with Gasteiger partial charge in [0.15, 0.2) is 11.7 Å². The number of hydrogen-bond donors (Lipinski definition) is 2. The molecule has 3 atom stereocenters. The van der Waals surface area contributed by atoms with Crippen molar-refractivity contribution < 1.29 is 19.4 Å². The van der Waals surface area contributed by atoms with Gasteiger partial charge in [-0.05, 0) is 68.1 Å². The first-order valence-corrected chi connectivity index (χ1v) is 12.0. The Morgan fingerprint density at radius 1 is 1.03 bits per heavy atom. The van der Waals surface area contributed by atoms with Gasteiger partial charge in [0.25, 0.3) is 5.91 Å². The highest BCUT2D eigenvalue weighted by atomic mass is 35.5. The predicted octanol–water partition coefficient (Wildman–Crippen LogP) is 5.10. The third-order valence-corrected chi connectivity index (χ3v) is 6.27. The molecule has 3 aromatic rings. The first-order chi connectivity index (χ1) is 17.1. The molecule has 1 amide bonds. The number of aliphatic hydroxyl groups excluding tert-OH is 1. The fraction of sp³-hybridized carbons (Fsp3) is 0.276. The summed E-state index contributed by atoms with van der Waals surface area (Å²) in [4.78, 5) is 25.7. The summed E-state index contributed by atoms with van der Waals surface area (Å²) < 4.78 is 5.41. The zero-order valence-corrected chi connectivity index (χ0v) is 21.2. The van der Waals surface area contributed by atoms with Gasteiger partial charge < -0.3 is 15.2 Å². The Hall–Kier alpha value is -3.66. The summed E-state index contributed by atoms with van der Waals surface area (Å²) >= 11 is 6.04. The monoisotopic (exact) mass is 504 g/mol. The van der Waals surface area contributed by atoms with Crippen LogP contribution in [0.4, 0.5) is 0 Å². The van der Waals surface area contributed by atoms with Crippen LogP contribution in [0.15, 0.2) is 78.9 Å². The molecule has 0 fully saturated rings. The lowest BCUT2D eigenvalue weighted by Crippen LogP contribution is -2.50. The molecule has 36 heavy (non-hydrogen) atoms. The number of nitrogens with zero attached hydrogens (tertiary/aromatic N) is 1. The third-order valence-electron chi connectivity index (χ3n) is 6.02. The topological polar surface area (TPSA) is 99.4 Å². The summed E-state index contributed by atoms with van der Waals surface area (Å²) in [5, 5.41) is 23.3. The van der Waals surface area contributed by atoms with Crippen LogP contribution in [0.2, 0.25) is 5.02 Å². The molecule has 6 nitrogen and oxygen atoms in total. The predicted molar refractivity (Wildman–Crippen MR) is 138 cm³/mol. The molecule has 0 aliphatic rings. The second-order valence-corrected chi connectivity index (χ2v) is 9.62. The Morgan fingerprint density at radius 3 is 2.31 bits per heavy atom. The zero-order chi connectivity index (χ0) is 26.3. The van der Waals surface area contributed by atoms with Crippen LogP contribution in [0.3, 0.4) is 0 Å². The minimum absolute atomic E-state index is 0.176. The average Bonchev–Trinajstić information content (AvgIpc) is 2.88. The Kier molecular flexibility index (Phi) is 8.87. The smallest absolute Gasteiger partial charge is 0.340 e. The van der Waals surface area contributed by atoms with E-state index in [2.05, 4.69) is 11.4 Å². The van der Waals surface area contributed by atoms with Crippen molar-refractivity contribution >= 4 is 23.5 Å². The van der Waals surface area contributed by atoms with Gasteiger partial charge in [0.1, 0.15) is 0 Å². The van der Waals surface area contributed by atoms with Gasteiger partial charge in [0, 0.05) is 17.0 Å². The minimum Gasteiger partial charge on any atom is -0.447 e. The number of benzene rings is 3. The number of hydrogen-bond acceptors (Lipinski definition) is 5. The molecule has 0 spiro atoms. The van der Waals surface area contributed by atoms with Crippen molar-refractivity contribution in [2.45, 2.75) is 50.9 Å². The Morgan fingerprint density at radius 2 is 1.67 bits per heavy atom. The van der Waals surface area contributed by atoms with Crippen molar-refractivity contribution in [1.82, 2.24) is 5.32 Å². The molecule has 0 aliphatic heterocycles. The molecule has 0 radical (unpaired) electrons. The second kappa shape index (κ2) is 11.9. The molecule has 2 N–H and O–H groups in total. The van der Waals surface area contributed by atoms with Crippen LogP contribution < -0.4 is 5.32 Å². The SMILES string of the molecule is CC(NC(=O)C(C)(C)OC(=O)[C@H](O)c1ccccc1)C(Cc1ccc(Cl)cc1)c1cccc(C#N)c1. The van der Waals surface area contributed by atoms with Gasteiger partial charge in [-0.3, -0.25) is 4.79 Å². The summed E-state index contributed by atoms with van der Waals surface area (Å²) in [7, 11) is 0. The fourth-order valence-corrected chi connectivity index (χ4v) is 4.03. The van der Waals surface area contributed by atoms with Gasteiger partial charge >= 0.3 is 5.97 Å². The lowest BCUT2D eigenvalue weighted by molar-refractivity contribution is -0.173. The standard InChI is InChI=1S/C29H29ClN2O4/c1-19(32-28(35)29(2,3)36-27(34)26(33)22-9-5-4-6-10-22)25(17-20-12-14-24(30)15-13-20)23-11-7-8-21(16-23)18-31/h4-16,19,25-26,33H,17H2,1-3H3,(H,32,35)/t19?,25?,26-/m1/s1. The van der Waals surface area contributed by atoms with Crippen LogP contribution in [0.5, 0.6) is 0 Å². The third kappa shape index (κ3) is 6.94. The molecule has 186 valence electrons. The molecule has 7 heteroatoms. The van der Waals surface area contributed by atoms with Crippen molar-refractivity contribution in [3.05, 3.63) is 106 Å². The quantitative estimate of drug-likeness (QED) is 0.395. The maximum Gasteiger partial charge on any atom is 0.340 e. The highest BCUT2D eigenvalue weighted by molar-refractivity contribution is 6.30. The van der Waals surface area contributed by atoms with E-state index >= 15 is 0 Å². The van der Waals surface area contributed by atoms with Gasteiger partial charge in [-0.1, -0.05) is 66.2 Å². The minimum atomic E-state index is -1.53. The number of halogens is 1. The molecular weight excluding hydrogens is 476 g/mol. The normalized spacial score (nSPS) is 13.7. The first kappa shape index (κ1) is 26.9. The number of carbonyl (C=O) groups excluding carboxylic acids is 2. The molecule has 0 aliphatic carbocycles. The van der Waals surface area contributed by atoms with Crippen LogP contribution >= 0.6 is 11.6 Å². The summed E-state index contributed by atoms with van der Waals surface area (Å²) in [5.41, 5.74) is 1.29. The van der Waals surface area contributed by atoms with E-state index in [-0.39, 0.29) is 12.0 Å². The van der Waals surface area contributed by atoms with Crippen LogP contribution in [0.25, 0.3) is 0 Å². The summed E-state index contributed by atoms with van der Waals surface area (Å²) in [5.74, 6) is -1.58. The fourth-order valence-electron chi connectivity index (χ4n) is 3.90. The number of ether oxygens (including phenoxy) is 1. The second-order valence-electron chi connectivity index (χ2n) is 9.18. The molecule has 2 unspecified atom stereocenters. The summed E-state index contributed by atoms with van der Waals surface area (Å²) in [6.45, 7) is 4.83. The van der Waals surface area contributed by atoms with Gasteiger partial charge in [0.05, 0.1) is 11.6 Å². The molecule has 0 saturated carbocycles. The highest BCUT2D eigenvalue weighted by Crippen LogP contribution is 2.27. The van der Waals surface area contributed by atoms with E-state index in [0.29, 0.717) is 22.6 Å². The Labute approximate surface area is 216 Å². The summed E-state index contributed by atoms with van der Waals surface area (Å²) in [6.07, 6.45) is -0.914. The molecular formula is C29H29ClN2O4. The van der Waals surface area contributed by atoms with Crippen LogP contribution in [0.1, 0.15) is 55.0 Å². The number of amides is 1. The summed E-state index contributed by atoms with van der Waals surface area (Å²) in [6, 6.07) is 24.9. The number of nitrogens with one attached hydrogen (secondary N) is 1. The van der Waals surface area contributed by atoms with E-state index in [1.54, 1.807) is 36.4 Å². The van der Waals surface area contributed by atoms with Crippen LogP contribution in [-0.2, 0) is 20.7 Å². The number of esters is 1. The van der Waals surface area contributed by atoms with Gasteiger partial charge in [-0.25, -0.2) is 4.79 Å². The number of rotatable bonds is 9. The number of nitriles is 1. The zero-order valence-electron chi connectivity index (χ0n) is 20.4. The van der Waals surface area contributed by atoms with Crippen molar-refractivity contribution in [3.8, 4) is 6.07 Å². The van der Waals surface area contributed by atoms with Crippen molar-refractivity contribution in [2.24, 2.45) is 0 Å². The van der Waals surface area contributed by atoms with Crippen molar-refractivity contribution in [3.63, 3.8) is 0 Å². The number of carbonyl (C=O) groups is 2. The van der Waals surface area contributed by atoms with E-state index in [4.69, 9.17) is 16.3 Å². The number of aliphatic hydroxyl groups is 1. The van der Waals surface area contributed by atoms with E-state index in [9.17, 15) is 20.0 Å². The molecule has 0 aromatic heterocycles. The molecule has 3 rings (SSSR count). The van der Waals surface area contributed by atoms with Gasteiger partial charge in [-0.2, -0.15) is 5.26 Å². The van der Waals surface area contributed by atoms with Gasteiger partial charge in [-0.15, -0.1) is 0 Å². The van der Waals surface area contributed by atoms with Crippen molar-refractivity contribution in [1.29, 1.82) is 5.26 Å². The Balaban J connectivity index is 1.77. The molecule has 3 aromatic carbocycles. The van der Waals surface area contributed by atoms with Gasteiger partial charge in [0.2, 0.25) is 0 Å². The van der Waals surface area contributed by atoms with E-state index < -0.39 is 23.6 Å². The molecule has 0 heterocycles. The maximum absolute atomic E-state index is 13.2. The van der Waals surface area contributed by atoms with Crippen molar-refractivity contribution in [2.75, 3.05) is 0 Å². The first-order valence-electron chi connectivity index (χ1n) is 11.6. The van der Waals surface area contributed by atoms with E-state index in [0.717, 1.165) is 11.1 Å². The lowest BCUT2D eigenvalue weighted by atomic mass is 9.85. The lowest BCUT2D eigenvalue weighted by Gasteiger charge is -2.31. The highest BCUT2D eigenvalue weighted by Gasteiger charge is 2.36. The van der Waals surface area contributed by atoms with E-state index in [1.807, 2.05) is 49.4 Å². The van der Waals surface area contributed by atoms with E-state index in [1.165, 1.54) is 13.8 Å². The van der Waals surface area contributed by atoms with Crippen LogP contribution in [-0.4, -0.2) is 28.6 Å². The maximum atomic E-state index is 13.2. The molecule has 0 bridgehead atoms. The average molecular weight is 505 g/mol.